The Balaban J connectivity index is 0.000000771. The van der Waals surface area contributed by atoms with E-state index >= 15 is 35.1 Å². The van der Waals surface area contributed by atoms with Crippen molar-refractivity contribution in [3.8, 4) is 0 Å². The van der Waals surface area contributed by atoms with Gasteiger partial charge in [0, 0.05) is 0 Å². The van der Waals surface area contributed by atoms with Crippen LogP contribution in [0.2, 0.25) is 0 Å². The molecule has 0 N–H and O–H groups in total. The molecule has 0 spiro atoms. The zero-order valence-corrected chi connectivity index (χ0v) is 25.3. The first kappa shape index (κ1) is 40.0. The van der Waals surface area contributed by atoms with E-state index in [1.807, 2.05) is 30.3 Å². The van der Waals surface area contributed by atoms with Gasteiger partial charge in [-0.2, -0.15) is 0 Å². The van der Waals surface area contributed by atoms with Crippen molar-refractivity contribution in [2.75, 3.05) is 0 Å². The summed E-state index contributed by atoms with van der Waals surface area (Å²) in [6.45, 7) is 5.36. The molecule has 0 saturated carbocycles. The molecule has 0 unspecified atom stereocenters. The van der Waals surface area contributed by atoms with Gasteiger partial charge in [0.25, 0.3) is 0 Å². The summed E-state index contributed by atoms with van der Waals surface area (Å²) >= 11 is -9.08. The Morgan fingerprint density at radius 1 is 0.250 bits per heavy atom. The fourth-order valence-electron chi connectivity index (χ4n) is 5.33. The molecule has 0 atom stereocenters. The summed E-state index contributed by atoms with van der Waals surface area (Å²) in [5.41, 5.74) is 0.822. The number of halogens is 20. The van der Waals surface area contributed by atoms with Crippen molar-refractivity contribution >= 4 is 30.8 Å². The summed E-state index contributed by atoms with van der Waals surface area (Å²) in [6, 6.07) is 9.49. The van der Waals surface area contributed by atoms with Crippen molar-refractivity contribution in [1.29, 1.82) is 0 Å². The first-order valence-corrected chi connectivity index (χ1v) is 15.4. The van der Waals surface area contributed by atoms with Crippen LogP contribution >= 0.6 is 0 Å². The fourth-order valence-corrected chi connectivity index (χ4v) is 11.1. The van der Waals surface area contributed by atoms with E-state index in [2.05, 4.69) is 0 Å². The van der Waals surface area contributed by atoms with Crippen LogP contribution in [0.25, 0.3) is 0 Å². The van der Waals surface area contributed by atoms with E-state index < -0.39 is 147 Å². The predicted molar refractivity (Wildman–Crippen MR) is 139 cm³/mol. The first-order chi connectivity index (χ1) is 24.1. The summed E-state index contributed by atoms with van der Waals surface area (Å²) < 4.78 is 280. The number of hydrogen-bond donors (Lipinski definition) is 0. The Kier molecular flexibility index (Phi) is 11.0. The summed E-state index contributed by atoms with van der Waals surface area (Å²) in [4.78, 5) is 0. The van der Waals surface area contributed by atoms with Crippen molar-refractivity contribution in [2.45, 2.75) is 0 Å². The minimum atomic E-state index is -9.08. The molecule has 5 aromatic carbocycles. The van der Waals surface area contributed by atoms with Gasteiger partial charge in [0.1, 0.15) is 46.5 Å². The standard InChI is InChI=1S/C7H6.4C6F5.Al/c1-7-5-3-2-4-6-7;4*7-2-1-3(8)5(10)6(11)4(2)9;/h1-6H;;;;;/q;;;;;-1. The number of hydrogen-bond acceptors (Lipinski definition) is 0. The Labute approximate surface area is 277 Å². The summed E-state index contributed by atoms with van der Waals surface area (Å²) in [5, 5.41) is 0. The van der Waals surface area contributed by atoms with Gasteiger partial charge in [-0.3, -0.25) is 0 Å². The summed E-state index contributed by atoms with van der Waals surface area (Å²) in [7, 11) is 0. The molecule has 0 aromatic heterocycles. The molecule has 0 fully saturated rings. The molecule has 0 saturated heterocycles. The second-order valence-electron chi connectivity index (χ2n) is 10.2. The van der Waals surface area contributed by atoms with Gasteiger partial charge in [0.05, 0.1) is 0 Å². The first-order valence-electron chi connectivity index (χ1n) is 13.1. The van der Waals surface area contributed by atoms with Gasteiger partial charge in [0.15, 0.2) is 69.8 Å². The zero-order chi connectivity index (χ0) is 39.5. The molecule has 5 rings (SSSR count). The molecule has 0 heterocycles. The molecule has 0 aliphatic heterocycles. The van der Waals surface area contributed by atoms with Crippen LogP contribution in [0.3, 0.4) is 0 Å². The lowest BCUT2D eigenvalue weighted by atomic mass is 10.2. The Morgan fingerprint density at radius 2 is 0.404 bits per heavy atom. The van der Waals surface area contributed by atoms with E-state index in [1.165, 1.54) is 0 Å². The fraction of sp³-hybridized carbons (Fsp3) is 0. The predicted octanol–water partition coefficient (Wildman–Crippen LogP) is 7.59. The van der Waals surface area contributed by atoms with Crippen LogP contribution in [-0.4, -0.2) is 13.1 Å². The van der Waals surface area contributed by atoms with Crippen molar-refractivity contribution in [1.82, 2.24) is 0 Å². The monoisotopic (exact) mass is 785 g/mol. The van der Waals surface area contributed by atoms with Crippen molar-refractivity contribution in [3.05, 3.63) is 159 Å². The topological polar surface area (TPSA) is 0 Å². The molecule has 2 radical (unpaired) electrons. The van der Waals surface area contributed by atoms with Gasteiger partial charge in [-0.1, -0.05) is 30.3 Å². The van der Waals surface area contributed by atoms with E-state index in [0.29, 0.717) is 0 Å². The highest BCUT2D eigenvalue weighted by Gasteiger charge is 2.55. The van der Waals surface area contributed by atoms with Crippen molar-refractivity contribution in [3.63, 3.8) is 0 Å². The Morgan fingerprint density at radius 3 is 0.538 bits per heavy atom. The van der Waals surface area contributed by atoms with E-state index in [0.717, 1.165) is 5.56 Å². The summed E-state index contributed by atoms with van der Waals surface area (Å²) in [6.07, 6.45) is 0. The smallest absolute Gasteiger partial charge is 0.208 e. The molecule has 274 valence electrons. The third-order valence-electron chi connectivity index (χ3n) is 7.51. The maximum atomic E-state index is 15.4. The molecule has 0 nitrogen and oxygen atoms in total. The molecular weight excluding hydrogens is 779 g/mol. The highest BCUT2D eigenvalue weighted by Crippen LogP contribution is 2.30. The maximum absolute atomic E-state index is 15.4. The average molecular weight is 785 g/mol. The quantitative estimate of drug-likeness (QED) is 0.0764. The maximum Gasteiger partial charge on any atom is 0.300 e. The molecule has 0 bridgehead atoms. The van der Waals surface area contributed by atoms with Crippen LogP contribution in [0.15, 0.2) is 30.3 Å². The Bertz CT molecular complexity index is 1870. The van der Waals surface area contributed by atoms with Crippen LogP contribution in [-0.2, 0) is 0 Å². The highest BCUT2D eigenvalue weighted by atomic mass is 27.2. The largest absolute Gasteiger partial charge is 0.300 e. The second-order valence-corrected chi connectivity index (χ2v) is 14.3. The van der Waals surface area contributed by atoms with Crippen LogP contribution in [0.5, 0.6) is 0 Å². The van der Waals surface area contributed by atoms with Gasteiger partial charge >= 0.3 is 13.1 Å². The minimum Gasteiger partial charge on any atom is -0.208 e. The highest BCUT2D eigenvalue weighted by molar-refractivity contribution is 7.20. The second kappa shape index (κ2) is 14.3. The SMILES string of the molecule is Fc1c(F)c(F)[c]([Al-]([c]2c(F)c(F)c(F)c(F)c2F)([c]2c(F)c(F)c(F)c(F)c2F)[c]2c(F)c(F)c(F)c(F)c2F)c(F)c1F.[CH]c1ccccc1. The normalized spacial score (nSPS) is 11.6. The van der Waals surface area contributed by atoms with E-state index in [-0.39, 0.29) is 0 Å². The van der Waals surface area contributed by atoms with Crippen molar-refractivity contribution < 1.29 is 87.8 Å². The molecule has 0 amide bonds. The lowest BCUT2D eigenvalue weighted by Crippen LogP contribution is -2.81. The van der Waals surface area contributed by atoms with Crippen LogP contribution in [0, 0.1) is 123 Å². The van der Waals surface area contributed by atoms with E-state index in [4.69, 9.17) is 6.92 Å². The lowest BCUT2D eigenvalue weighted by Gasteiger charge is -2.42. The molecule has 0 aliphatic rings. The summed E-state index contributed by atoms with van der Waals surface area (Å²) in [5.74, 6) is -70.8. The molecular formula is C31H6AlF20-. The van der Waals surface area contributed by atoms with Gasteiger partial charge in [-0.25, -0.2) is 87.8 Å². The van der Waals surface area contributed by atoms with Crippen LogP contribution < -0.4 is 17.7 Å². The molecule has 5 aromatic rings. The third-order valence-corrected chi connectivity index (χ3v) is 13.0. The average Bonchev–Trinajstić information content (AvgIpc) is 3.12. The van der Waals surface area contributed by atoms with E-state index in [9.17, 15) is 52.7 Å². The van der Waals surface area contributed by atoms with Crippen LogP contribution in [0.1, 0.15) is 5.56 Å². The minimum absolute atomic E-state index is 0.822. The Hall–Kier alpha value is -4.77. The van der Waals surface area contributed by atoms with Crippen molar-refractivity contribution in [2.24, 2.45) is 0 Å². The molecule has 52 heavy (non-hydrogen) atoms. The third kappa shape index (κ3) is 5.83. The van der Waals surface area contributed by atoms with Crippen LogP contribution in [0.4, 0.5) is 87.8 Å². The number of benzene rings is 5. The van der Waals surface area contributed by atoms with Gasteiger partial charge < -0.3 is 0 Å². The van der Waals surface area contributed by atoms with Gasteiger partial charge in [0.2, 0.25) is 0 Å². The molecule has 0 aliphatic carbocycles. The molecule has 21 heteroatoms. The zero-order valence-electron chi connectivity index (χ0n) is 24.1. The lowest BCUT2D eigenvalue weighted by molar-refractivity contribution is 0.378. The number of rotatable bonds is 4. The van der Waals surface area contributed by atoms with Gasteiger partial charge in [-0.05, 0) is 12.5 Å². The van der Waals surface area contributed by atoms with E-state index in [1.54, 1.807) is 0 Å². The van der Waals surface area contributed by atoms with Gasteiger partial charge in [-0.15, -0.1) is 17.7 Å².